The Morgan fingerprint density at radius 3 is 3.06 bits per heavy atom. The fraction of sp³-hybridized carbons (Fsp3) is 0.0769. The molecule has 0 aliphatic heterocycles. The lowest BCUT2D eigenvalue weighted by Gasteiger charge is -2.02. The molecule has 0 saturated heterocycles. The van der Waals surface area contributed by atoms with Gasteiger partial charge in [-0.25, -0.2) is 5.43 Å². The molecule has 0 aliphatic carbocycles. The van der Waals surface area contributed by atoms with Crippen LogP contribution in [0, 0.1) is 0 Å². The Morgan fingerprint density at radius 2 is 2.33 bits per heavy atom. The van der Waals surface area contributed by atoms with Crippen LogP contribution in [-0.2, 0) is 0 Å². The molecule has 0 bridgehead atoms. The first-order valence-electron chi connectivity index (χ1n) is 5.29. The number of carbonyl (C=O) groups excluding carboxylic acids is 1. The zero-order valence-electron chi connectivity index (χ0n) is 9.79. The van der Waals surface area contributed by atoms with Gasteiger partial charge in [0.1, 0.15) is 5.75 Å². The SMILES string of the molecule is COc1cccc(C(=O)NN=Cc2ccoc2)c1. The van der Waals surface area contributed by atoms with E-state index in [1.54, 1.807) is 37.4 Å². The third-order valence-electron chi connectivity index (χ3n) is 2.25. The van der Waals surface area contributed by atoms with Gasteiger partial charge in [0.15, 0.2) is 0 Å². The number of benzene rings is 1. The number of rotatable bonds is 4. The van der Waals surface area contributed by atoms with Gasteiger partial charge in [0.05, 0.1) is 25.9 Å². The minimum Gasteiger partial charge on any atom is -0.497 e. The molecule has 5 nitrogen and oxygen atoms in total. The van der Waals surface area contributed by atoms with Crippen molar-refractivity contribution in [2.45, 2.75) is 0 Å². The van der Waals surface area contributed by atoms with Crippen molar-refractivity contribution < 1.29 is 13.9 Å². The number of carbonyl (C=O) groups is 1. The minimum atomic E-state index is -0.298. The minimum absolute atomic E-state index is 0.298. The third-order valence-corrected chi connectivity index (χ3v) is 2.25. The summed E-state index contributed by atoms with van der Waals surface area (Å²) in [6, 6.07) is 8.58. The maximum atomic E-state index is 11.7. The molecule has 0 spiro atoms. The lowest BCUT2D eigenvalue weighted by molar-refractivity contribution is 0.0955. The number of methoxy groups -OCH3 is 1. The van der Waals surface area contributed by atoms with Gasteiger partial charge < -0.3 is 9.15 Å². The molecule has 0 aliphatic rings. The molecule has 2 aromatic rings. The molecule has 1 aromatic carbocycles. The van der Waals surface area contributed by atoms with E-state index in [1.807, 2.05) is 0 Å². The van der Waals surface area contributed by atoms with Gasteiger partial charge in [0, 0.05) is 11.1 Å². The van der Waals surface area contributed by atoms with Crippen LogP contribution >= 0.6 is 0 Å². The Labute approximate surface area is 104 Å². The molecular weight excluding hydrogens is 232 g/mol. The molecular formula is C13H12N2O3. The molecule has 18 heavy (non-hydrogen) atoms. The largest absolute Gasteiger partial charge is 0.497 e. The topological polar surface area (TPSA) is 63.8 Å². The van der Waals surface area contributed by atoms with Crippen molar-refractivity contribution in [3.8, 4) is 5.75 Å². The van der Waals surface area contributed by atoms with E-state index >= 15 is 0 Å². The van der Waals surface area contributed by atoms with Crippen molar-refractivity contribution >= 4 is 12.1 Å². The predicted octanol–water partition coefficient (Wildman–Crippen LogP) is 2.05. The van der Waals surface area contributed by atoms with Crippen LogP contribution < -0.4 is 10.2 Å². The van der Waals surface area contributed by atoms with Gasteiger partial charge in [0.2, 0.25) is 0 Å². The molecule has 0 radical (unpaired) electrons. The second kappa shape index (κ2) is 5.67. The van der Waals surface area contributed by atoms with Gasteiger partial charge in [-0.3, -0.25) is 4.79 Å². The Bertz CT molecular complexity index is 547. The van der Waals surface area contributed by atoms with Crippen LogP contribution in [-0.4, -0.2) is 19.2 Å². The second-order valence-electron chi connectivity index (χ2n) is 3.49. The summed E-state index contributed by atoms with van der Waals surface area (Å²) in [5.74, 6) is 0.329. The van der Waals surface area contributed by atoms with Crippen molar-refractivity contribution in [3.05, 3.63) is 54.0 Å². The molecule has 1 heterocycles. The van der Waals surface area contributed by atoms with Crippen molar-refractivity contribution in [1.29, 1.82) is 0 Å². The van der Waals surface area contributed by atoms with Gasteiger partial charge in [-0.1, -0.05) is 6.07 Å². The van der Waals surface area contributed by atoms with Crippen LogP contribution in [0.1, 0.15) is 15.9 Å². The van der Waals surface area contributed by atoms with Crippen LogP contribution in [0.25, 0.3) is 0 Å². The lowest BCUT2D eigenvalue weighted by atomic mass is 10.2. The Balaban J connectivity index is 1.99. The fourth-order valence-electron chi connectivity index (χ4n) is 1.34. The van der Waals surface area contributed by atoms with Gasteiger partial charge in [-0.2, -0.15) is 5.10 Å². The summed E-state index contributed by atoms with van der Waals surface area (Å²) in [6.07, 6.45) is 4.56. The summed E-state index contributed by atoms with van der Waals surface area (Å²) in [6.45, 7) is 0. The quantitative estimate of drug-likeness (QED) is 0.661. The first kappa shape index (κ1) is 11.9. The maximum absolute atomic E-state index is 11.7. The van der Waals surface area contributed by atoms with Gasteiger partial charge in [-0.15, -0.1) is 0 Å². The zero-order valence-corrected chi connectivity index (χ0v) is 9.79. The number of hydrogen-bond acceptors (Lipinski definition) is 4. The maximum Gasteiger partial charge on any atom is 0.271 e. The number of nitrogens with one attached hydrogen (secondary N) is 1. The van der Waals surface area contributed by atoms with E-state index in [0.717, 1.165) is 5.56 Å². The molecule has 0 fully saturated rings. The highest BCUT2D eigenvalue weighted by Gasteiger charge is 2.04. The average Bonchev–Trinajstić information content (AvgIpc) is 2.92. The van der Waals surface area contributed by atoms with Crippen molar-refractivity contribution in [3.63, 3.8) is 0 Å². The molecule has 1 N–H and O–H groups in total. The van der Waals surface area contributed by atoms with E-state index < -0.39 is 0 Å². The Kier molecular flexibility index (Phi) is 3.76. The van der Waals surface area contributed by atoms with E-state index in [1.165, 1.54) is 18.7 Å². The fourth-order valence-corrected chi connectivity index (χ4v) is 1.34. The van der Waals surface area contributed by atoms with Crippen LogP contribution in [0.15, 0.2) is 52.4 Å². The monoisotopic (exact) mass is 244 g/mol. The molecule has 1 aromatic heterocycles. The highest BCUT2D eigenvalue weighted by Crippen LogP contribution is 2.12. The predicted molar refractivity (Wildman–Crippen MR) is 66.8 cm³/mol. The molecule has 5 heteroatoms. The van der Waals surface area contributed by atoms with Gasteiger partial charge in [0.25, 0.3) is 5.91 Å². The van der Waals surface area contributed by atoms with E-state index in [4.69, 9.17) is 9.15 Å². The summed E-state index contributed by atoms with van der Waals surface area (Å²) < 4.78 is 9.90. The first-order valence-corrected chi connectivity index (χ1v) is 5.29. The highest BCUT2D eigenvalue weighted by molar-refractivity contribution is 5.95. The van der Waals surface area contributed by atoms with Crippen LogP contribution in [0.5, 0.6) is 5.75 Å². The van der Waals surface area contributed by atoms with Crippen molar-refractivity contribution in [1.82, 2.24) is 5.43 Å². The van der Waals surface area contributed by atoms with Crippen molar-refractivity contribution in [2.75, 3.05) is 7.11 Å². The second-order valence-corrected chi connectivity index (χ2v) is 3.49. The number of hydrogen-bond donors (Lipinski definition) is 1. The van der Waals surface area contributed by atoms with Gasteiger partial charge >= 0.3 is 0 Å². The normalized spacial score (nSPS) is 10.5. The molecule has 0 saturated carbocycles. The van der Waals surface area contributed by atoms with Crippen LogP contribution in [0.2, 0.25) is 0 Å². The Morgan fingerprint density at radius 1 is 1.44 bits per heavy atom. The number of furan rings is 1. The molecule has 1 amide bonds. The molecule has 92 valence electrons. The first-order chi connectivity index (χ1) is 8.79. The molecule has 0 unspecified atom stereocenters. The van der Waals surface area contributed by atoms with Gasteiger partial charge in [-0.05, 0) is 24.3 Å². The number of amides is 1. The van der Waals surface area contributed by atoms with E-state index in [2.05, 4.69) is 10.5 Å². The third kappa shape index (κ3) is 2.98. The summed E-state index contributed by atoms with van der Waals surface area (Å²) in [4.78, 5) is 11.7. The summed E-state index contributed by atoms with van der Waals surface area (Å²) in [5, 5.41) is 3.82. The number of ether oxygens (including phenoxy) is 1. The highest BCUT2D eigenvalue weighted by atomic mass is 16.5. The lowest BCUT2D eigenvalue weighted by Crippen LogP contribution is -2.17. The van der Waals surface area contributed by atoms with E-state index in [9.17, 15) is 4.79 Å². The zero-order chi connectivity index (χ0) is 12.8. The van der Waals surface area contributed by atoms with E-state index in [-0.39, 0.29) is 5.91 Å². The molecule has 0 atom stereocenters. The summed E-state index contributed by atoms with van der Waals surface area (Å²) >= 11 is 0. The van der Waals surface area contributed by atoms with E-state index in [0.29, 0.717) is 11.3 Å². The van der Waals surface area contributed by atoms with Crippen LogP contribution in [0.4, 0.5) is 0 Å². The van der Waals surface area contributed by atoms with Crippen molar-refractivity contribution in [2.24, 2.45) is 5.10 Å². The van der Waals surface area contributed by atoms with Crippen LogP contribution in [0.3, 0.4) is 0 Å². The number of nitrogens with zero attached hydrogens (tertiary/aromatic N) is 1. The standard InChI is InChI=1S/C13H12N2O3/c1-17-12-4-2-3-11(7-12)13(16)15-14-8-10-5-6-18-9-10/h2-9H,1H3,(H,15,16). The molecule has 2 rings (SSSR count). The number of hydrazone groups is 1. The summed E-state index contributed by atoms with van der Waals surface area (Å²) in [7, 11) is 1.55. The Hall–Kier alpha value is -2.56. The smallest absolute Gasteiger partial charge is 0.271 e. The average molecular weight is 244 g/mol. The summed E-state index contributed by atoms with van der Waals surface area (Å²) in [5.41, 5.74) is 3.69.